The zero-order valence-corrected chi connectivity index (χ0v) is 17.3. The lowest BCUT2D eigenvalue weighted by Crippen LogP contribution is -3.61. The van der Waals surface area contributed by atoms with Gasteiger partial charge in [-0.1, -0.05) is 29.8 Å². The van der Waals surface area contributed by atoms with Crippen LogP contribution in [0.3, 0.4) is 0 Å². The van der Waals surface area contributed by atoms with E-state index in [1.165, 1.54) is 30.4 Å². The molecular formula is C20H15IO5S. The Balaban J connectivity index is 0.000000145. The minimum Gasteiger partial charge on any atom is -0.744 e. The minimum absolute atomic E-state index is 0.0407. The van der Waals surface area contributed by atoms with Crippen LogP contribution in [0, 0.1) is 14.1 Å². The van der Waals surface area contributed by atoms with Crippen molar-refractivity contribution in [3.63, 3.8) is 0 Å². The van der Waals surface area contributed by atoms with Crippen LogP contribution in [-0.2, 0) is 10.1 Å². The molecule has 27 heavy (non-hydrogen) atoms. The third-order valence-corrected chi connectivity index (χ3v) is 7.98. The molecule has 3 aromatic rings. The van der Waals surface area contributed by atoms with Crippen molar-refractivity contribution >= 4 is 10.1 Å². The molecule has 3 aromatic carbocycles. The first-order valence-corrected chi connectivity index (χ1v) is 11.7. The minimum atomic E-state index is -4.27. The van der Waals surface area contributed by atoms with Crippen molar-refractivity contribution in [2.45, 2.75) is 11.8 Å². The number of benzene rings is 3. The first kappa shape index (κ1) is 18.3. The van der Waals surface area contributed by atoms with Gasteiger partial charge in [-0.25, -0.2) is 8.42 Å². The molecule has 0 aromatic heterocycles. The van der Waals surface area contributed by atoms with E-state index < -0.39 is 10.1 Å². The number of hydrogen-bond donors (Lipinski definition) is 0. The third kappa shape index (κ3) is 3.80. The Morgan fingerprint density at radius 2 is 1.56 bits per heavy atom. The molecule has 5 rings (SSSR count). The molecule has 2 aliphatic heterocycles. The molecule has 5 nitrogen and oxygen atoms in total. The van der Waals surface area contributed by atoms with Gasteiger partial charge in [0.15, 0.2) is 11.5 Å². The molecule has 2 heterocycles. The summed E-state index contributed by atoms with van der Waals surface area (Å²) in [5.74, 6) is 1.80. The number of fused-ring (bicyclic) bond motifs is 4. The lowest BCUT2D eigenvalue weighted by molar-refractivity contribution is -0.589. The highest BCUT2D eigenvalue weighted by Crippen LogP contribution is 2.37. The Labute approximate surface area is 168 Å². The molecular weight excluding hydrogens is 479 g/mol. The van der Waals surface area contributed by atoms with Gasteiger partial charge in [0, 0.05) is 17.2 Å². The van der Waals surface area contributed by atoms with E-state index in [0.717, 1.165) is 17.1 Å². The molecule has 0 atom stereocenters. The Kier molecular flexibility index (Phi) is 4.83. The molecule has 138 valence electrons. The summed E-state index contributed by atoms with van der Waals surface area (Å²) in [6.07, 6.45) is 0. The molecule has 0 aliphatic carbocycles. The Morgan fingerprint density at radius 3 is 2.26 bits per heavy atom. The molecule has 0 saturated carbocycles. The third-order valence-electron chi connectivity index (χ3n) is 4.14. The van der Waals surface area contributed by atoms with Gasteiger partial charge in [-0.05, 0) is 37.3 Å². The quantitative estimate of drug-likeness (QED) is 0.284. The Hall–Kier alpha value is -2.10. The predicted octanol–water partition coefficient (Wildman–Crippen LogP) is 0.423. The normalized spacial score (nSPS) is 13.4. The molecule has 7 heteroatoms. The summed E-state index contributed by atoms with van der Waals surface area (Å²) in [6, 6.07) is 18.7. The van der Waals surface area contributed by atoms with Crippen molar-refractivity contribution in [3.8, 4) is 22.6 Å². The monoisotopic (exact) mass is 494 g/mol. The average molecular weight is 494 g/mol. The lowest BCUT2D eigenvalue weighted by atomic mass is 10.1. The summed E-state index contributed by atoms with van der Waals surface area (Å²) in [6.45, 7) is 2.18. The van der Waals surface area contributed by atoms with E-state index in [4.69, 9.17) is 9.47 Å². The molecule has 0 spiro atoms. The van der Waals surface area contributed by atoms with E-state index in [0.29, 0.717) is 6.79 Å². The second-order valence-electron chi connectivity index (χ2n) is 6.03. The number of rotatable bonds is 1. The van der Waals surface area contributed by atoms with Crippen LogP contribution in [0.1, 0.15) is 5.56 Å². The van der Waals surface area contributed by atoms with Crippen molar-refractivity contribution < 1.29 is 43.6 Å². The number of ether oxygens (including phenoxy) is 2. The second kappa shape index (κ2) is 7.14. The predicted molar refractivity (Wildman–Crippen MR) is 94.5 cm³/mol. The van der Waals surface area contributed by atoms with Crippen LogP contribution < -0.4 is 30.7 Å². The summed E-state index contributed by atoms with van der Waals surface area (Å²) in [5.41, 5.74) is 3.65. The molecule has 0 bridgehead atoms. The molecule has 2 aliphatic rings. The zero-order chi connectivity index (χ0) is 19.0. The van der Waals surface area contributed by atoms with Gasteiger partial charge < -0.3 is 14.0 Å². The van der Waals surface area contributed by atoms with Gasteiger partial charge in [0.2, 0.25) is 13.9 Å². The Morgan fingerprint density at radius 1 is 0.889 bits per heavy atom. The molecule has 0 amide bonds. The summed E-state index contributed by atoms with van der Waals surface area (Å²) in [5, 5.41) is 0. The van der Waals surface area contributed by atoms with E-state index in [-0.39, 0.29) is 26.1 Å². The standard InChI is InChI=1S/C13H8IO2.C7H8O3S/c1-2-4-10-8(3-1)9-5-12-13(16-7-15-12)6-11(9)14-10;1-6-2-4-7(5-3-6)11(8,9)10/h1-6H,7H2;2-5H,1H3,(H,8,9,10)/q+1;/p-1. The van der Waals surface area contributed by atoms with Crippen molar-refractivity contribution in [3.05, 3.63) is 73.4 Å². The van der Waals surface area contributed by atoms with Crippen molar-refractivity contribution in [2.24, 2.45) is 0 Å². The molecule has 0 saturated heterocycles. The SMILES string of the molecule is Cc1ccc(S(=O)(=O)[O-])cc1.c1ccc2c(c1)[I+]c1cc3c(cc1-2)OCO3. The molecule has 0 unspecified atom stereocenters. The van der Waals surface area contributed by atoms with E-state index in [9.17, 15) is 13.0 Å². The summed E-state index contributed by atoms with van der Waals surface area (Å²) < 4.78 is 45.0. The highest BCUT2D eigenvalue weighted by atomic mass is 127. The molecule has 0 N–H and O–H groups in total. The summed E-state index contributed by atoms with van der Waals surface area (Å²) in [4.78, 5) is -0.178. The van der Waals surface area contributed by atoms with Gasteiger partial charge in [0.1, 0.15) is 10.1 Å². The van der Waals surface area contributed by atoms with E-state index in [2.05, 4.69) is 36.4 Å². The van der Waals surface area contributed by atoms with Crippen LogP contribution in [0.25, 0.3) is 11.1 Å². The van der Waals surface area contributed by atoms with Crippen LogP contribution >= 0.6 is 0 Å². The van der Waals surface area contributed by atoms with E-state index in [1.54, 1.807) is 12.1 Å². The van der Waals surface area contributed by atoms with Crippen LogP contribution in [-0.4, -0.2) is 19.8 Å². The van der Waals surface area contributed by atoms with Crippen LogP contribution in [0.2, 0.25) is 0 Å². The van der Waals surface area contributed by atoms with E-state index >= 15 is 0 Å². The highest BCUT2D eigenvalue weighted by molar-refractivity contribution is 7.85. The second-order valence-corrected chi connectivity index (χ2v) is 10.3. The first-order valence-electron chi connectivity index (χ1n) is 8.12. The van der Waals surface area contributed by atoms with E-state index in [1.807, 2.05) is 6.92 Å². The molecule has 0 fully saturated rings. The summed E-state index contributed by atoms with van der Waals surface area (Å²) >= 11 is -0.0407. The maximum absolute atomic E-state index is 10.4. The average Bonchev–Trinajstić information content (AvgIpc) is 3.23. The highest BCUT2D eigenvalue weighted by Gasteiger charge is 2.35. The first-order chi connectivity index (χ1) is 12.9. The van der Waals surface area contributed by atoms with Gasteiger partial charge in [-0.2, -0.15) is 0 Å². The summed E-state index contributed by atoms with van der Waals surface area (Å²) in [7, 11) is -4.27. The fraction of sp³-hybridized carbons (Fsp3) is 0.100. The molecule has 0 radical (unpaired) electrons. The van der Waals surface area contributed by atoms with Gasteiger partial charge in [-0.15, -0.1) is 0 Å². The maximum Gasteiger partial charge on any atom is 0.359 e. The fourth-order valence-electron chi connectivity index (χ4n) is 2.78. The topological polar surface area (TPSA) is 75.7 Å². The number of hydrogen-bond acceptors (Lipinski definition) is 5. The van der Waals surface area contributed by atoms with Crippen LogP contribution in [0.4, 0.5) is 0 Å². The smallest absolute Gasteiger partial charge is 0.359 e. The fourth-order valence-corrected chi connectivity index (χ4v) is 6.20. The van der Waals surface area contributed by atoms with Gasteiger partial charge >= 0.3 is 21.2 Å². The van der Waals surface area contributed by atoms with Crippen molar-refractivity contribution in [1.82, 2.24) is 0 Å². The van der Waals surface area contributed by atoms with Crippen LogP contribution in [0.5, 0.6) is 11.5 Å². The zero-order valence-electron chi connectivity index (χ0n) is 14.3. The van der Waals surface area contributed by atoms with Gasteiger partial charge in [0.05, 0.1) is 4.90 Å². The van der Waals surface area contributed by atoms with Gasteiger partial charge in [0.25, 0.3) is 0 Å². The van der Waals surface area contributed by atoms with Crippen LogP contribution in [0.15, 0.2) is 65.6 Å². The lowest BCUT2D eigenvalue weighted by Gasteiger charge is -2.05. The number of aryl methyl sites for hydroxylation is 1. The largest absolute Gasteiger partial charge is 0.744 e. The van der Waals surface area contributed by atoms with Crippen molar-refractivity contribution in [1.29, 1.82) is 0 Å². The van der Waals surface area contributed by atoms with Crippen molar-refractivity contribution in [2.75, 3.05) is 6.79 Å². The number of halogens is 1. The van der Waals surface area contributed by atoms with Gasteiger partial charge in [-0.3, -0.25) is 0 Å². The Bertz CT molecular complexity index is 1110. The maximum atomic E-state index is 10.4.